The van der Waals surface area contributed by atoms with Gasteiger partial charge in [0.25, 0.3) is 0 Å². The monoisotopic (exact) mass is 271 g/mol. The molecule has 0 rings (SSSR count). The molecule has 0 N–H and O–H groups in total. The van der Waals surface area contributed by atoms with Crippen LogP contribution in [-0.2, 0) is 27.1 Å². The van der Waals surface area contributed by atoms with Gasteiger partial charge in [0, 0.05) is 36.1 Å². The van der Waals surface area contributed by atoms with Gasteiger partial charge in [-0.05, 0) is 6.42 Å². The standard InChI is InChI=1S/C4H10O.Au/c1-3-4-5-2;/h3-4H2,1-2H3;. The van der Waals surface area contributed by atoms with Crippen molar-refractivity contribution in [3.8, 4) is 0 Å². The molecule has 1 radical (unpaired) electrons. The summed E-state index contributed by atoms with van der Waals surface area (Å²) in [5, 5.41) is 0. The molecular formula is C4H10AuO. The smallest absolute Gasteiger partial charge is 0.0459 e. The molecule has 0 saturated carbocycles. The van der Waals surface area contributed by atoms with E-state index in [0.717, 1.165) is 13.0 Å². The molecule has 0 aliphatic heterocycles. The average molecular weight is 271 g/mol. The number of hydrogen-bond donors (Lipinski definition) is 0. The van der Waals surface area contributed by atoms with Gasteiger partial charge in [0.1, 0.15) is 0 Å². The molecule has 43 valence electrons. The molecular weight excluding hydrogens is 261 g/mol. The molecule has 0 fully saturated rings. The topological polar surface area (TPSA) is 9.23 Å². The van der Waals surface area contributed by atoms with Crippen LogP contribution in [0.15, 0.2) is 0 Å². The molecule has 0 aromatic carbocycles. The van der Waals surface area contributed by atoms with Crippen molar-refractivity contribution in [1.82, 2.24) is 0 Å². The van der Waals surface area contributed by atoms with E-state index in [1.54, 1.807) is 7.11 Å². The third-order valence-electron chi connectivity index (χ3n) is 0.408. The fraction of sp³-hybridized carbons (Fsp3) is 1.00. The summed E-state index contributed by atoms with van der Waals surface area (Å²) in [5.41, 5.74) is 0. The molecule has 1 nitrogen and oxygen atoms in total. The van der Waals surface area contributed by atoms with Crippen molar-refractivity contribution >= 4 is 0 Å². The van der Waals surface area contributed by atoms with Crippen LogP contribution in [0.2, 0.25) is 0 Å². The Kier molecular flexibility index (Phi) is 15.1. The van der Waals surface area contributed by atoms with E-state index in [2.05, 4.69) is 6.92 Å². The Morgan fingerprint density at radius 2 is 2.00 bits per heavy atom. The van der Waals surface area contributed by atoms with Crippen molar-refractivity contribution in [2.75, 3.05) is 13.7 Å². The third-order valence-corrected chi connectivity index (χ3v) is 0.408. The molecule has 0 aromatic heterocycles. The van der Waals surface area contributed by atoms with Crippen LogP contribution < -0.4 is 0 Å². The maximum absolute atomic E-state index is 4.69. The summed E-state index contributed by atoms with van der Waals surface area (Å²) in [5.74, 6) is 0. The maximum atomic E-state index is 4.69. The van der Waals surface area contributed by atoms with Crippen LogP contribution in [0.4, 0.5) is 0 Å². The predicted molar refractivity (Wildman–Crippen MR) is 22.2 cm³/mol. The molecule has 0 aliphatic carbocycles. The van der Waals surface area contributed by atoms with Gasteiger partial charge in [-0.2, -0.15) is 0 Å². The van der Waals surface area contributed by atoms with E-state index in [0.29, 0.717) is 0 Å². The first-order valence-corrected chi connectivity index (χ1v) is 1.90. The fourth-order valence-corrected chi connectivity index (χ4v) is 0.204. The van der Waals surface area contributed by atoms with Crippen molar-refractivity contribution in [2.24, 2.45) is 0 Å². The fourth-order valence-electron chi connectivity index (χ4n) is 0.204. The second kappa shape index (κ2) is 9.20. The van der Waals surface area contributed by atoms with Crippen LogP contribution in [0.1, 0.15) is 13.3 Å². The molecule has 0 aliphatic rings. The summed E-state index contributed by atoms with van der Waals surface area (Å²) in [6, 6.07) is 0. The van der Waals surface area contributed by atoms with E-state index < -0.39 is 0 Å². The Morgan fingerprint density at radius 1 is 1.50 bits per heavy atom. The Morgan fingerprint density at radius 3 is 2.00 bits per heavy atom. The molecule has 0 unspecified atom stereocenters. The Hall–Kier alpha value is 0.700. The zero-order chi connectivity index (χ0) is 4.12. The molecule has 0 spiro atoms. The largest absolute Gasteiger partial charge is 0.385 e. The molecule has 0 heterocycles. The zero-order valence-electron chi connectivity index (χ0n) is 4.12. The molecule has 0 aromatic rings. The van der Waals surface area contributed by atoms with E-state index in [1.807, 2.05) is 0 Å². The molecule has 0 saturated heterocycles. The summed E-state index contributed by atoms with van der Waals surface area (Å²) in [6.07, 6.45) is 1.12. The average Bonchev–Trinajstić information content (AvgIpc) is 1.41. The second-order valence-electron chi connectivity index (χ2n) is 0.993. The molecule has 6 heavy (non-hydrogen) atoms. The first-order chi connectivity index (χ1) is 2.41. The molecule has 2 heteroatoms. The SMILES string of the molecule is CCCOC.[Au]. The van der Waals surface area contributed by atoms with Gasteiger partial charge in [-0.15, -0.1) is 0 Å². The maximum Gasteiger partial charge on any atom is 0.0459 e. The second-order valence-corrected chi connectivity index (χ2v) is 0.993. The van der Waals surface area contributed by atoms with E-state index in [1.165, 1.54) is 0 Å². The van der Waals surface area contributed by atoms with E-state index in [-0.39, 0.29) is 22.4 Å². The summed E-state index contributed by atoms with van der Waals surface area (Å²) >= 11 is 0. The minimum Gasteiger partial charge on any atom is -0.385 e. The van der Waals surface area contributed by atoms with Gasteiger partial charge in [0.2, 0.25) is 0 Å². The van der Waals surface area contributed by atoms with Gasteiger partial charge < -0.3 is 4.74 Å². The van der Waals surface area contributed by atoms with Crippen molar-refractivity contribution in [3.63, 3.8) is 0 Å². The van der Waals surface area contributed by atoms with E-state index in [4.69, 9.17) is 4.74 Å². The minimum absolute atomic E-state index is 0. The number of ether oxygens (including phenoxy) is 1. The van der Waals surface area contributed by atoms with Crippen molar-refractivity contribution in [1.29, 1.82) is 0 Å². The van der Waals surface area contributed by atoms with Crippen LogP contribution in [0.25, 0.3) is 0 Å². The van der Waals surface area contributed by atoms with E-state index in [9.17, 15) is 0 Å². The van der Waals surface area contributed by atoms with Crippen LogP contribution in [-0.4, -0.2) is 13.7 Å². The first-order valence-electron chi connectivity index (χ1n) is 1.90. The molecule has 0 atom stereocenters. The number of rotatable bonds is 2. The Labute approximate surface area is 54.6 Å². The zero-order valence-corrected chi connectivity index (χ0v) is 6.29. The summed E-state index contributed by atoms with van der Waals surface area (Å²) in [4.78, 5) is 0. The Bertz CT molecular complexity index is 15.0. The minimum atomic E-state index is 0. The third kappa shape index (κ3) is 8.83. The number of methoxy groups -OCH3 is 1. The van der Waals surface area contributed by atoms with Crippen molar-refractivity contribution in [3.05, 3.63) is 0 Å². The van der Waals surface area contributed by atoms with Crippen molar-refractivity contribution in [2.45, 2.75) is 13.3 Å². The first kappa shape index (κ1) is 9.85. The molecule has 0 amide bonds. The van der Waals surface area contributed by atoms with Gasteiger partial charge in [-0.1, -0.05) is 6.92 Å². The van der Waals surface area contributed by atoms with Gasteiger partial charge in [0.15, 0.2) is 0 Å². The normalized spacial score (nSPS) is 7.00. The van der Waals surface area contributed by atoms with Crippen molar-refractivity contribution < 1.29 is 27.1 Å². The van der Waals surface area contributed by atoms with Gasteiger partial charge in [-0.3, -0.25) is 0 Å². The van der Waals surface area contributed by atoms with Gasteiger partial charge >= 0.3 is 0 Å². The van der Waals surface area contributed by atoms with Crippen LogP contribution in [0.3, 0.4) is 0 Å². The van der Waals surface area contributed by atoms with Crippen LogP contribution in [0.5, 0.6) is 0 Å². The quantitative estimate of drug-likeness (QED) is 0.682. The Balaban J connectivity index is 0. The predicted octanol–water partition coefficient (Wildman–Crippen LogP) is 1.04. The van der Waals surface area contributed by atoms with Gasteiger partial charge in [-0.25, -0.2) is 0 Å². The van der Waals surface area contributed by atoms with Gasteiger partial charge in [0.05, 0.1) is 0 Å². The van der Waals surface area contributed by atoms with E-state index >= 15 is 0 Å². The molecule has 0 bridgehead atoms. The van der Waals surface area contributed by atoms with Crippen LogP contribution in [0, 0.1) is 0 Å². The summed E-state index contributed by atoms with van der Waals surface area (Å²) in [7, 11) is 1.71. The summed E-state index contributed by atoms with van der Waals surface area (Å²) in [6.45, 7) is 2.98. The summed E-state index contributed by atoms with van der Waals surface area (Å²) < 4.78 is 4.69. The van der Waals surface area contributed by atoms with Crippen LogP contribution >= 0.6 is 0 Å². The number of hydrogen-bond acceptors (Lipinski definition) is 1.